The molecule has 1 fully saturated rings. The fraction of sp³-hybridized carbons (Fsp3) is 0.462. The number of ether oxygens (including phenoxy) is 2. The Morgan fingerprint density at radius 3 is 2.89 bits per heavy atom. The van der Waals surface area contributed by atoms with Gasteiger partial charge in [-0.3, -0.25) is 4.79 Å². The summed E-state index contributed by atoms with van der Waals surface area (Å²) >= 11 is 0. The van der Waals surface area contributed by atoms with Gasteiger partial charge in [0.1, 0.15) is 11.3 Å². The van der Waals surface area contributed by atoms with Crippen molar-refractivity contribution in [3.8, 4) is 5.75 Å². The van der Waals surface area contributed by atoms with Crippen LogP contribution in [0.3, 0.4) is 0 Å². The monoisotopic (exact) mass is 261 g/mol. The van der Waals surface area contributed by atoms with Crippen LogP contribution >= 0.6 is 0 Å². The number of hydrogen-bond donors (Lipinski definition) is 1. The molecule has 0 aliphatic carbocycles. The topological polar surface area (TPSA) is 77.1 Å². The van der Waals surface area contributed by atoms with E-state index >= 15 is 0 Å². The number of nitrogens with one attached hydrogen (secondary N) is 1. The molecule has 2 aromatic rings. The molecule has 6 heteroatoms. The van der Waals surface area contributed by atoms with Gasteiger partial charge in [-0.15, -0.1) is 5.10 Å². The van der Waals surface area contributed by atoms with E-state index in [2.05, 4.69) is 15.4 Å². The SMILES string of the molecule is COc1cc2nn[nH]c(=O)c2cc1C1CCOCC1. The lowest BCUT2D eigenvalue weighted by Gasteiger charge is -2.24. The summed E-state index contributed by atoms with van der Waals surface area (Å²) in [6.07, 6.45) is 1.89. The summed E-state index contributed by atoms with van der Waals surface area (Å²) in [6, 6.07) is 3.65. The zero-order chi connectivity index (χ0) is 13.2. The van der Waals surface area contributed by atoms with E-state index in [-0.39, 0.29) is 5.56 Å². The summed E-state index contributed by atoms with van der Waals surface area (Å²) in [7, 11) is 1.63. The molecule has 2 heterocycles. The van der Waals surface area contributed by atoms with Gasteiger partial charge in [-0.1, -0.05) is 5.21 Å². The Bertz CT molecular complexity index is 647. The maximum atomic E-state index is 11.8. The maximum Gasteiger partial charge on any atom is 0.275 e. The summed E-state index contributed by atoms with van der Waals surface area (Å²) < 4.78 is 10.8. The van der Waals surface area contributed by atoms with E-state index in [1.54, 1.807) is 13.2 Å². The molecule has 0 unspecified atom stereocenters. The number of fused-ring (bicyclic) bond motifs is 1. The molecule has 100 valence electrons. The van der Waals surface area contributed by atoms with Crippen LogP contribution in [0.15, 0.2) is 16.9 Å². The van der Waals surface area contributed by atoms with Crippen LogP contribution in [0.1, 0.15) is 24.3 Å². The lowest BCUT2D eigenvalue weighted by molar-refractivity contribution is 0.0848. The Morgan fingerprint density at radius 1 is 1.37 bits per heavy atom. The first-order valence-electron chi connectivity index (χ1n) is 6.30. The number of nitrogens with zero attached hydrogens (tertiary/aromatic N) is 2. The van der Waals surface area contributed by atoms with Crippen LogP contribution in [-0.4, -0.2) is 35.7 Å². The predicted octanol–water partition coefficient (Wildman–Crippen LogP) is 1.22. The highest BCUT2D eigenvalue weighted by Crippen LogP contribution is 2.35. The minimum absolute atomic E-state index is 0.221. The number of H-pyrrole nitrogens is 1. The lowest BCUT2D eigenvalue weighted by Crippen LogP contribution is -2.16. The van der Waals surface area contributed by atoms with Crippen LogP contribution in [0.5, 0.6) is 5.75 Å². The molecule has 0 bridgehead atoms. The molecule has 0 saturated carbocycles. The van der Waals surface area contributed by atoms with Gasteiger partial charge in [-0.05, 0) is 30.4 Å². The summed E-state index contributed by atoms with van der Waals surface area (Å²) in [6.45, 7) is 1.49. The Hall–Kier alpha value is -1.95. The summed E-state index contributed by atoms with van der Waals surface area (Å²) in [4.78, 5) is 11.8. The molecule has 1 saturated heterocycles. The van der Waals surface area contributed by atoms with Gasteiger partial charge in [0, 0.05) is 19.3 Å². The highest BCUT2D eigenvalue weighted by Gasteiger charge is 2.21. The molecular formula is C13H15N3O3. The van der Waals surface area contributed by atoms with Gasteiger partial charge in [-0.2, -0.15) is 0 Å². The number of aromatic amines is 1. The van der Waals surface area contributed by atoms with Crippen LogP contribution in [-0.2, 0) is 4.74 Å². The normalized spacial score (nSPS) is 16.7. The van der Waals surface area contributed by atoms with E-state index < -0.39 is 0 Å². The second-order valence-corrected chi connectivity index (χ2v) is 4.64. The van der Waals surface area contributed by atoms with Gasteiger partial charge in [0.15, 0.2) is 0 Å². The first-order valence-corrected chi connectivity index (χ1v) is 6.30. The third kappa shape index (κ3) is 2.19. The van der Waals surface area contributed by atoms with Crippen LogP contribution in [0.4, 0.5) is 0 Å². The molecule has 19 heavy (non-hydrogen) atoms. The van der Waals surface area contributed by atoms with Crippen LogP contribution in [0.25, 0.3) is 10.9 Å². The summed E-state index contributed by atoms with van der Waals surface area (Å²) in [5.74, 6) is 1.12. The lowest BCUT2D eigenvalue weighted by atomic mass is 9.90. The van der Waals surface area contributed by atoms with E-state index in [4.69, 9.17) is 9.47 Å². The van der Waals surface area contributed by atoms with Crippen molar-refractivity contribution in [3.05, 3.63) is 28.0 Å². The number of methoxy groups -OCH3 is 1. The fourth-order valence-corrected chi connectivity index (χ4v) is 2.54. The van der Waals surface area contributed by atoms with E-state index in [0.717, 1.165) is 37.4 Å². The van der Waals surface area contributed by atoms with Crippen molar-refractivity contribution < 1.29 is 9.47 Å². The van der Waals surface area contributed by atoms with Crippen LogP contribution in [0.2, 0.25) is 0 Å². The molecule has 0 atom stereocenters. The predicted molar refractivity (Wildman–Crippen MR) is 69.5 cm³/mol. The van der Waals surface area contributed by atoms with Gasteiger partial charge in [0.2, 0.25) is 0 Å². The second kappa shape index (κ2) is 4.97. The average molecular weight is 261 g/mol. The Morgan fingerprint density at radius 2 is 2.16 bits per heavy atom. The summed E-state index contributed by atoms with van der Waals surface area (Å²) in [5, 5.41) is 10.4. The van der Waals surface area contributed by atoms with Crippen LogP contribution < -0.4 is 10.3 Å². The smallest absolute Gasteiger partial charge is 0.275 e. The van der Waals surface area contributed by atoms with E-state index in [9.17, 15) is 4.79 Å². The summed E-state index contributed by atoms with van der Waals surface area (Å²) in [5.41, 5.74) is 1.38. The second-order valence-electron chi connectivity index (χ2n) is 4.64. The number of aromatic nitrogens is 3. The van der Waals surface area contributed by atoms with Crippen molar-refractivity contribution in [3.63, 3.8) is 0 Å². The van der Waals surface area contributed by atoms with Gasteiger partial charge >= 0.3 is 0 Å². The molecular weight excluding hydrogens is 246 g/mol. The maximum absolute atomic E-state index is 11.8. The third-order valence-corrected chi connectivity index (χ3v) is 3.56. The van der Waals surface area contributed by atoms with Crippen molar-refractivity contribution in [1.29, 1.82) is 0 Å². The van der Waals surface area contributed by atoms with E-state index in [0.29, 0.717) is 16.8 Å². The number of hydrogen-bond acceptors (Lipinski definition) is 5. The van der Waals surface area contributed by atoms with Crippen molar-refractivity contribution in [2.75, 3.05) is 20.3 Å². The standard InChI is InChI=1S/C13H15N3O3/c1-18-12-7-11-10(13(17)15-16-14-11)6-9(12)8-2-4-19-5-3-8/h6-8H,2-5H2,1H3,(H,14,15,17). The quantitative estimate of drug-likeness (QED) is 0.879. The molecule has 0 radical (unpaired) electrons. The van der Waals surface area contributed by atoms with Gasteiger partial charge in [0.05, 0.1) is 12.5 Å². The molecule has 3 rings (SSSR count). The molecule has 0 spiro atoms. The highest BCUT2D eigenvalue weighted by molar-refractivity contribution is 5.80. The zero-order valence-electron chi connectivity index (χ0n) is 10.7. The van der Waals surface area contributed by atoms with Crippen molar-refractivity contribution in [1.82, 2.24) is 15.4 Å². The molecule has 1 aliphatic rings. The molecule has 0 amide bonds. The number of benzene rings is 1. The first-order chi connectivity index (χ1) is 9.29. The average Bonchev–Trinajstić information content (AvgIpc) is 2.47. The van der Waals surface area contributed by atoms with Gasteiger partial charge in [0.25, 0.3) is 5.56 Å². The minimum atomic E-state index is -0.221. The largest absolute Gasteiger partial charge is 0.496 e. The number of rotatable bonds is 2. The fourth-order valence-electron chi connectivity index (χ4n) is 2.54. The van der Waals surface area contributed by atoms with Crippen molar-refractivity contribution >= 4 is 10.9 Å². The van der Waals surface area contributed by atoms with Crippen molar-refractivity contribution in [2.45, 2.75) is 18.8 Å². The molecule has 6 nitrogen and oxygen atoms in total. The molecule has 1 N–H and O–H groups in total. The minimum Gasteiger partial charge on any atom is -0.496 e. The van der Waals surface area contributed by atoms with Crippen LogP contribution in [0, 0.1) is 0 Å². The molecule has 1 aliphatic heterocycles. The van der Waals surface area contributed by atoms with Gasteiger partial charge < -0.3 is 9.47 Å². The van der Waals surface area contributed by atoms with E-state index in [1.165, 1.54) is 0 Å². The van der Waals surface area contributed by atoms with Gasteiger partial charge in [-0.25, -0.2) is 5.10 Å². The first kappa shape index (κ1) is 12.1. The van der Waals surface area contributed by atoms with Crippen molar-refractivity contribution in [2.24, 2.45) is 0 Å². The Labute approximate surface area is 109 Å². The Balaban J connectivity index is 2.16. The Kier molecular flexibility index (Phi) is 3.16. The molecule has 1 aromatic heterocycles. The van der Waals surface area contributed by atoms with E-state index in [1.807, 2.05) is 6.07 Å². The highest BCUT2D eigenvalue weighted by atomic mass is 16.5. The molecule has 1 aromatic carbocycles. The zero-order valence-corrected chi connectivity index (χ0v) is 10.7. The third-order valence-electron chi connectivity index (χ3n) is 3.56.